The Morgan fingerprint density at radius 2 is 1.15 bits per heavy atom. The number of rotatable bonds is 14. The third kappa shape index (κ3) is 8.56. The van der Waals surface area contributed by atoms with Gasteiger partial charge >= 0.3 is 0 Å². The van der Waals surface area contributed by atoms with Gasteiger partial charge in [-0.1, -0.05) is 119 Å². The van der Waals surface area contributed by atoms with Crippen LogP contribution in [-0.2, 0) is 12.8 Å². The fraction of sp³-hybridized carbons (Fsp3) is 0.500. The molecule has 0 fully saturated rings. The molecule has 0 N–H and O–H groups in total. The second kappa shape index (κ2) is 13.3. The van der Waals surface area contributed by atoms with Crippen LogP contribution in [0.15, 0.2) is 54.6 Å². The molecule has 146 valence electrons. The van der Waals surface area contributed by atoms with E-state index in [0.717, 1.165) is 12.0 Å². The minimum atomic E-state index is 0.214. The van der Waals surface area contributed by atoms with Crippen molar-refractivity contribution in [3.63, 3.8) is 0 Å². The highest BCUT2D eigenvalue weighted by Crippen LogP contribution is 2.17. The molecule has 2 aromatic carbocycles. The zero-order valence-electron chi connectivity index (χ0n) is 17.1. The summed E-state index contributed by atoms with van der Waals surface area (Å²) < 4.78 is 0. The fourth-order valence-corrected chi connectivity index (χ4v) is 3.68. The van der Waals surface area contributed by atoms with Gasteiger partial charge in [0.15, 0.2) is 5.78 Å². The van der Waals surface area contributed by atoms with Gasteiger partial charge < -0.3 is 0 Å². The summed E-state index contributed by atoms with van der Waals surface area (Å²) >= 11 is 0. The zero-order valence-corrected chi connectivity index (χ0v) is 17.1. The van der Waals surface area contributed by atoms with Crippen molar-refractivity contribution in [3.05, 3.63) is 71.3 Å². The summed E-state index contributed by atoms with van der Waals surface area (Å²) in [5.74, 6) is 0.214. The quantitative estimate of drug-likeness (QED) is 0.249. The van der Waals surface area contributed by atoms with Crippen molar-refractivity contribution in [2.75, 3.05) is 0 Å². The molecule has 0 unspecified atom stereocenters. The Labute approximate surface area is 166 Å². The van der Waals surface area contributed by atoms with Crippen LogP contribution in [0.4, 0.5) is 0 Å². The first-order chi connectivity index (χ1) is 13.3. The van der Waals surface area contributed by atoms with Gasteiger partial charge in [-0.05, 0) is 24.0 Å². The Morgan fingerprint density at radius 3 is 1.78 bits per heavy atom. The minimum absolute atomic E-state index is 0.214. The topological polar surface area (TPSA) is 17.1 Å². The van der Waals surface area contributed by atoms with Gasteiger partial charge in [0.1, 0.15) is 0 Å². The summed E-state index contributed by atoms with van der Waals surface area (Å²) in [4.78, 5) is 12.5. The lowest BCUT2D eigenvalue weighted by atomic mass is 9.95. The Kier molecular flexibility index (Phi) is 10.6. The summed E-state index contributed by atoms with van der Waals surface area (Å²) in [5.41, 5.74) is 3.36. The van der Waals surface area contributed by atoms with E-state index in [9.17, 15) is 4.79 Å². The molecule has 1 heteroatoms. The van der Waals surface area contributed by atoms with Crippen LogP contribution >= 0.6 is 0 Å². The van der Waals surface area contributed by atoms with E-state index in [1.54, 1.807) is 0 Å². The summed E-state index contributed by atoms with van der Waals surface area (Å²) in [6.07, 6.45) is 15.2. The van der Waals surface area contributed by atoms with Crippen LogP contribution in [0.2, 0.25) is 0 Å². The minimum Gasteiger partial charge on any atom is -0.294 e. The second-order valence-corrected chi connectivity index (χ2v) is 7.67. The molecule has 0 saturated heterocycles. The average Bonchev–Trinajstić information content (AvgIpc) is 2.71. The van der Waals surface area contributed by atoms with E-state index in [1.807, 2.05) is 30.3 Å². The number of benzene rings is 2. The van der Waals surface area contributed by atoms with Gasteiger partial charge in [0.25, 0.3) is 0 Å². The third-order valence-corrected chi connectivity index (χ3v) is 5.36. The summed E-state index contributed by atoms with van der Waals surface area (Å²) in [5, 5.41) is 0. The normalized spacial score (nSPS) is 10.9. The monoisotopic (exact) mass is 364 g/mol. The Hall–Kier alpha value is -1.89. The van der Waals surface area contributed by atoms with Crippen LogP contribution in [0.5, 0.6) is 0 Å². The van der Waals surface area contributed by atoms with Crippen LogP contribution in [0.25, 0.3) is 0 Å². The maximum absolute atomic E-state index is 12.5. The summed E-state index contributed by atoms with van der Waals surface area (Å²) in [6.45, 7) is 2.27. The predicted molar refractivity (Wildman–Crippen MR) is 116 cm³/mol. The zero-order chi connectivity index (χ0) is 19.2. The standard InChI is InChI=1S/C26H36O/c1-2-3-4-5-6-7-8-9-10-12-17-23-18-15-16-21-25(23)22-26(27)24-19-13-11-14-20-24/h11,13-16,18-21H,2-10,12,17,22H2,1H3. The van der Waals surface area contributed by atoms with Crippen LogP contribution in [0.3, 0.4) is 0 Å². The largest absolute Gasteiger partial charge is 0.294 e. The van der Waals surface area contributed by atoms with E-state index in [2.05, 4.69) is 31.2 Å². The smallest absolute Gasteiger partial charge is 0.167 e. The fourth-order valence-electron chi connectivity index (χ4n) is 3.68. The average molecular weight is 365 g/mol. The van der Waals surface area contributed by atoms with Crippen molar-refractivity contribution in [1.29, 1.82) is 0 Å². The van der Waals surface area contributed by atoms with E-state index in [-0.39, 0.29) is 5.78 Å². The molecule has 2 rings (SSSR count). The van der Waals surface area contributed by atoms with Gasteiger partial charge in [-0.2, -0.15) is 0 Å². The van der Waals surface area contributed by atoms with Crippen molar-refractivity contribution in [1.82, 2.24) is 0 Å². The second-order valence-electron chi connectivity index (χ2n) is 7.67. The molecule has 0 heterocycles. The van der Waals surface area contributed by atoms with Crippen LogP contribution in [-0.4, -0.2) is 5.78 Å². The van der Waals surface area contributed by atoms with E-state index < -0.39 is 0 Å². The molecular weight excluding hydrogens is 328 g/mol. The number of hydrogen-bond donors (Lipinski definition) is 0. The highest BCUT2D eigenvalue weighted by molar-refractivity contribution is 5.97. The number of carbonyl (C=O) groups is 1. The van der Waals surface area contributed by atoms with Crippen molar-refractivity contribution < 1.29 is 4.79 Å². The van der Waals surface area contributed by atoms with Gasteiger partial charge in [-0.3, -0.25) is 4.79 Å². The third-order valence-electron chi connectivity index (χ3n) is 5.36. The molecule has 0 aliphatic carbocycles. The number of ketones is 1. The molecule has 0 aliphatic heterocycles. The molecular formula is C26H36O. The van der Waals surface area contributed by atoms with Gasteiger partial charge in [0, 0.05) is 12.0 Å². The molecule has 0 aliphatic rings. The Morgan fingerprint density at radius 1 is 0.630 bits per heavy atom. The number of aryl methyl sites for hydroxylation is 1. The molecule has 2 aromatic rings. The van der Waals surface area contributed by atoms with E-state index in [4.69, 9.17) is 0 Å². The van der Waals surface area contributed by atoms with Crippen molar-refractivity contribution in [2.24, 2.45) is 0 Å². The lowest BCUT2D eigenvalue weighted by molar-refractivity contribution is 0.0992. The maximum atomic E-state index is 12.5. The van der Waals surface area contributed by atoms with Crippen molar-refractivity contribution in [3.8, 4) is 0 Å². The van der Waals surface area contributed by atoms with Crippen molar-refractivity contribution in [2.45, 2.75) is 84.0 Å². The van der Waals surface area contributed by atoms with E-state index >= 15 is 0 Å². The van der Waals surface area contributed by atoms with E-state index in [0.29, 0.717) is 6.42 Å². The molecule has 0 amide bonds. The lowest BCUT2D eigenvalue weighted by Crippen LogP contribution is -2.06. The van der Waals surface area contributed by atoms with Gasteiger partial charge in [-0.25, -0.2) is 0 Å². The molecule has 27 heavy (non-hydrogen) atoms. The molecule has 1 nitrogen and oxygen atoms in total. The highest BCUT2D eigenvalue weighted by atomic mass is 16.1. The first kappa shape index (κ1) is 21.4. The number of hydrogen-bond acceptors (Lipinski definition) is 1. The number of Topliss-reactive ketones (excluding diaryl/α,β-unsaturated/α-hetero) is 1. The Bertz CT molecular complexity index is 644. The van der Waals surface area contributed by atoms with E-state index in [1.165, 1.54) is 75.3 Å². The molecule has 0 spiro atoms. The molecule has 0 bridgehead atoms. The summed E-state index contributed by atoms with van der Waals surface area (Å²) in [6, 6.07) is 18.1. The molecule has 0 saturated carbocycles. The van der Waals surface area contributed by atoms with Crippen molar-refractivity contribution >= 4 is 5.78 Å². The first-order valence-corrected chi connectivity index (χ1v) is 11.0. The molecule has 0 aromatic heterocycles. The van der Waals surface area contributed by atoms with Crippen LogP contribution < -0.4 is 0 Å². The lowest BCUT2D eigenvalue weighted by Gasteiger charge is -2.09. The van der Waals surface area contributed by atoms with Gasteiger partial charge in [-0.15, -0.1) is 0 Å². The number of unbranched alkanes of at least 4 members (excludes halogenated alkanes) is 9. The number of carbonyl (C=O) groups excluding carboxylic acids is 1. The Balaban J connectivity index is 1.67. The maximum Gasteiger partial charge on any atom is 0.167 e. The molecule has 0 atom stereocenters. The van der Waals surface area contributed by atoms with Gasteiger partial charge in [0.2, 0.25) is 0 Å². The summed E-state index contributed by atoms with van der Waals surface area (Å²) in [7, 11) is 0. The van der Waals surface area contributed by atoms with Crippen LogP contribution in [0.1, 0.15) is 92.6 Å². The van der Waals surface area contributed by atoms with Gasteiger partial charge in [0.05, 0.1) is 0 Å². The highest BCUT2D eigenvalue weighted by Gasteiger charge is 2.09. The molecule has 0 radical (unpaired) electrons. The SMILES string of the molecule is CCCCCCCCCCCCc1ccccc1CC(=O)c1ccccc1. The predicted octanol–water partition coefficient (Wildman–Crippen LogP) is 7.58. The van der Waals surface area contributed by atoms with Crippen LogP contribution in [0, 0.1) is 0 Å². The first-order valence-electron chi connectivity index (χ1n) is 11.0.